The molecule has 1 saturated heterocycles. The van der Waals surface area contributed by atoms with Gasteiger partial charge in [-0.25, -0.2) is 13.2 Å². The number of nitrogens with one attached hydrogen (secondary N) is 2. The lowest BCUT2D eigenvalue weighted by molar-refractivity contribution is 0.188. The van der Waals surface area contributed by atoms with Crippen molar-refractivity contribution in [3.63, 3.8) is 0 Å². The minimum Gasteiger partial charge on any atom is -0.383 e. The van der Waals surface area contributed by atoms with Gasteiger partial charge in [-0.15, -0.1) is 0 Å². The van der Waals surface area contributed by atoms with Gasteiger partial charge in [-0.2, -0.15) is 0 Å². The summed E-state index contributed by atoms with van der Waals surface area (Å²) in [5.74, 6) is 0.154. The van der Waals surface area contributed by atoms with E-state index in [-0.39, 0.29) is 22.6 Å². The molecular formula is C15H22N2O5S. The maximum absolute atomic E-state index is 12.3. The Morgan fingerprint density at radius 3 is 2.70 bits per heavy atom. The average Bonchev–Trinajstić information content (AvgIpc) is 3.00. The van der Waals surface area contributed by atoms with E-state index in [4.69, 9.17) is 9.47 Å². The summed E-state index contributed by atoms with van der Waals surface area (Å²) < 4.78 is 34.7. The van der Waals surface area contributed by atoms with Crippen LogP contribution in [0, 0.1) is 5.92 Å². The highest BCUT2D eigenvalue weighted by Crippen LogP contribution is 2.21. The standard InChI is InChI=1S/C15H22N2O5S/c1-21-9-7-16-15(18)17-13-2-4-14(5-3-13)23(19,20)11-12-6-8-22-10-12/h2-5,12H,6-11H2,1H3,(H2,16,17,18)/t12-/m0/s1. The third-order valence-electron chi connectivity index (χ3n) is 3.54. The molecule has 0 spiro atoms. The molecule has 1 aromatic carbocycles. The Morgan fingerprint density at radius 1 is 1.35 bits per heavy atom. The van der Waals surface area contributed by atoms with Crippen molar-refractivity contribution in [2.24, 2.45) is 5.92 Å². The fourth-order valence-corrected chi connectivity index (χ4v) is 3.94. The van der Waals surface area contributed by atoms with Gasteiger partial charge in [0.15, 0.2) is 9.84 Å². The minimum atomic E-state index is -3.33. The molecule has 0 saturated carbocycles. The highest BCUT2D eigenvalue weighted by molar-refractivity contribution is 7.91. The van der Waals surface area contributed by atoms with Crippen molar-refractivity contribution >= 4 is 21.6 Å². The van der Waals surface area contributed by atoms with Crippen LogP contribution in [-0.4, -0.2) is 53.7 Å². The summed E-state index contributed by atoms with van der Waals surface area (Å²) in [7, 11) is -1.78. The lowest BCUT2D eigenvalue weighted by Gasteiger charge is -2.10. The fourth-order valence-electron chi connectivity index (χ4n) is 2.31. The second-order valence-corrected chi connectivity index (χ2v) is 7.44. The summed E-state index contributed by atoms with van der Waals surface area (Å²) in [4.78, 5) is 11.8. The molecule has 0 radical (unpaired) electrons. The van der Waals surface area contributed by atoms with Crippen LogP contribution in [0.25, 0.3) is 0 Å². The van der Waals surface area contributed by atoms with Gasteiger partial charge in [0.1, 0.15) is 0 Å². The highest BCUT2D eigenvalue weighted by Gasteiger charge is 2.24. The zero-order chi connectivity index (χ0) is 16.7. The molecule has 2 rings (SSSR count). The first-order valence-electron chi connectivity index (χ1n) is 7.45. The molecule has 7 nitrogen and oxygen atoms in total. The molecular weight excluding hydrogens is 320 g/mol. The summed E-state index contributed by atoms with van der Waals surface area (Å²) in [6.07, 6.45) is 0.778. The Kier molecular flexibility index (Phi) is 6.37. The molecule has 1 aliphatic heterocycles. The van der Waals surface area contributed by atoms with E-state index < -0.39 is 9.84 Å². The zero-order valence-corrected chi connectivity index (χ0v) is 13.9. The van der Waals surface area contributed by atoms with Crippen LogP contribution in [0.4, 0.5) is 10.5 Å². The van der Waals surface area contributed by atoms with E-state index in [1.54, 1.807) is 19.2 Å². The fraction of sp³-hybridized carbons (Fsp3) is 0.533. The molecule has 0 unspecified atom stereocenters. The Balaban J connectivity index is 1.91. The highest BCUT2D eigenvalue weighted by atomic mass is 32.2. The van der Waals surface area contributed by atoms with Crippen LogP contribution < -0.4 is 10.6 Å². The predicted molar refractivity (Wildman–Crippen MR) is 86.3 cm³/mol. The number of ether oxygens (including phenoxy) is 2. The number of anilines is 1. The van der Waals surface area contributed by atoms with Gasteiger partial charge in [-0.05, 0) is 36.6 Å². The van der Waals surface area contributed by atoms with Gasteiger partial charge >= 0.3 is 6.03 Å². The number of sulfone groups is 1. The van der Waals surface area contributed by atoms with Crippen LogP contribution in [0.2, 0.25) is 0 Å². The van der Waals surface area contributed by atoms with Gasteiger partial charge in [0, 0.05) is 25.9 Å². The van der Waals surface area contributed by atoms with Gasteiger partial charge in [-0.1, -0.05) is 0 Å². The van der Waals surface area contributed by atoms with Gasteiger partial charge in [-0.3, -0.25) is 0 Å². The average molecular weight is 342 g/mol. The Morgan fingerprint density at radius 2 is 2.09 bits per heavy atom. The lowest BCUT2D eigenvalue weighted by Crippen LogP contribution is -2.31. The van der Waals surface area contributed by atoms with E-state index >= 15 is 0 Å². The van der Waals surface area contributed by atoms with Gasteiger partial charge in [0.05, 0.1) is 23.9 Å². The second-order valence-electron chi connectivity index (χ2n) is 5.41. The van der Waals surface area contributed by atoms with Crippen molar-refractivity contribution < 1.29 is 22.7 Å². The maximum Gasteiger partial charge on any atom is 0.319 e. The molecule has 1 fully saturated rings. The lowest BCUT2D eigenvalue weighted by atomic mass is 10.2. The monoisotopic (exact) mass is 342 g/mol. The summed E-state index contributed by atoms with van der Waals surface area (Å²) in [5, 5.41) is 5.25. The SMILES string of the molecule is COCCNC(=O)Nc1ccc(S(=O)(=O)C[C@H]2CCOC2)cc1. The predicted octanol–water partition coefficient (Wildman–Crippen LogP) is 1.26. The zero-order valence-electron chi connectivity index (χ0n) is 13.1. The van der Waals surface area contributed by atoms with E-state index in [0.717, 1.165) is 6.42 Å². The Bertz CT molecular complexity index is 609. The minimum absolute atomic E-state index is 0.0596. The molecule has 1 heterocycles. The number of hydrogen-bond donors (Lipinski definition) is 2. The summed E-state index contributed by atoms with van der Waals surface area (Å²) in [5.41, 5.74) is 0.531. The topological polar surface area (TPSA) is 93.7 Å². The molecule has 2 amide bonds. The van der Waals surface area contributed by atoms with Crippen molar-refractivity contribution in [1.29, 1.82) is 0 Å². The molecule has 128 valence electrons. The first-order valence-corrected chi connectivity index (χ1v) is 9.11. The first kappa shape index (κ1) is 17.7. The summed E-state index contributed by atoms with van der Waals surface area (Å²) >= 11 is 0. The quantitative estimate of drug-likeness (QED) is 0.728. The molecule has 1 aliphatic rings. The normalized spacial score (nSPS) is 17.9. The molecule has 1 atom stereocenters. The molecule has 0 aromatic heterocycles. The third kappa shape index (κ3) is 5.49. The molecule has 1 aromatic rings. The van der Waals surface area contributed by atoms with Crippen molar-refractivity contribution in [3.8, 4) is 0 Å². The third-order valence-corrected chi connectivity index (χ3v) is 5.44. The largest absolute Gasteiger partial charge is 0.383 e. The summed E-state index contributed by atoms with van der Waals surface area (Å²) in [6.45, 7) is 1.95. The van der Waals surface area contributed by atoms with E-state index in [1.807, 2.05) is 0 Å². The Hall–Kier alpha value is -1.64. The van der Waals surface area contributed by atoms with Crippen molar-refractivity contribution in [1.82, 2.24) is 5.32 Å². The van der Waals surface area contributed by atoms with Crippen LogP contribution in [0.3, 0.4) is 0 Å². The summed E-state index contributed by atoms with van der Waals surface area (Å²) in [6, 6.07) is 5.81. The van der Waals surface area contributed by atoms with E-state index in [1.165, 1.54) is 12.1 Å². The maximum atomic E-state index is 12.3. The van der Waals surface area contributed by atoms with Gasteiger partial charge in [0.25, 0.3) is 0 Å². The van der Waals surface area contributed by atoms with Crippen LogP contribution in [-0.2, 0) is 19.3 Å². The molecule has 8 heteroatoms. The number of hydrogen-bond acceptors (Lipinski definition) is 5. The van der Waals surface area contributed by atoms with E-state index in [2.05, 4.69) is 10.6 Å². The van der Waals surface area contributed by atoms with Crippen molar-refractivity contribution in [3.05, 3.63) is 24.3 Å². The number of amides is 2. The van der Waals surface area contributed by atoms with Crippen LogP contribution in [0.5, 0.6) is 0 Å². The van der Waals surface area contributed by atoms with Crippen molar-refractivity contribution in [2.45, 2.75) is 11.3 Å². The number of carbonyl (C=O) groups excluding carboxylic acids is 1. The molecule has 0 bridgehead atoms. The smallest absolute Gasteiger partial charge is 0.319 e. The van der Waals surface area contributed by atoms with E-state index in [9.17, 15) is 13.2 Å². The first-order chi connectivity index (χ1) is 11.0. The molecule has 0 aliphatic carbocycles. The Labute approximate surface area is 136 Å². The number of rotatable bonds is 7. The van der Waals surface area contributed by atoms with Crippen LogP contribution >= 0.6 is 0 Å². The van der Waals surface area contributed by atoms with Gasteiger partial charge < -0.3 is 20.1 Å². The van der Waals surface area contributed by atoms with Gasteiger partial charge in [0.2, 0.25) is 0 Å². The number of urea groups is 1. The second kappa shape index (κ2) is 8.28. The number of methoxy groups -OCH3 is 1. The van der Waals surface area contributed by atoms with Crippen LogP contribution in [0.1, 0.15) is 6.42 Å². The molecule has 23 heavy (non-hydrogen) atoms. The molecule has 2 N–H and O–H groups in total. The number of carbonyl (C=O) groups is 1. The van der Waals surface area contributed by atoms with Crippen LogP contribution in [0.15, 0.2) is 29.2 Å². The van der Waals surface area contributed by atoms with Crippen molar-refractivity contribution in [2.75, 3.05) is 44.5 Å². The number of benzene rings is 1. The van der Waals surface area contributed by atoms with E-state index in [0.29, 0.717) is 32.1 Å².